The van der Waals surface area contributed by atoms with Crippen molar-refractivity contribution in [3.63, 3.8) is 0 Å². The number of hydrogen-bond donors (Lipinski definition) is 1. The number of nitrogens with zero attached hydrogens (tertiary/aromatic N) is 2. The average molecular weight is 283 g/mol. The molecule has 1 amide bonds. The molecule has 0 saturated heterocycles. The van der Waals surface area contributed by atoms with Crippen molar-refractivity contribution in [1.29, 1.82) is 0 Å². The van der Waals surface area contributed by atoms with Crippen LogP contribution < -0.4 is 5.32 Å². The molecule has 0 atom stereocenters. The van der Waals surface area contributed by atoms with Gasteiger partial charge in [-0.1, -0.05) is 11.3 Å². The third-order valence-corrected chi connectivity index (χ3v) is 3.52. The Morgan fingerprint density at radius 2 is 2.26 bits per heavy atom. The van der Waals surface area contributed by atoms with Gasteiger partial charge in [-0.15, -0.1) is 0 Å². The number of nitrogens with one attached hydrogen (secondary N) is 1. The number of hydrogen-bond acceptors (Lipinski definition) is 6. The lowest BCUT2D eigenvalue weighted by molar-refractivity contribution is 0.0590. The van der Waals surface area contributed by atoms with Gasteiger partial charge in [0, 0.05) is 7.05 Å². The van der Waals surface area contributed by atoms with E-state index < -0.39 is 12.1 Å². The van der Waals surface area contributed by atoms with Gasteiger partial charge in [0.05, 0.1) is 13.7 Å². The van der Waals surface area contributed by atoms with Crippen LogP contribution in [0.3, 0.4) is 0 Å². The predicted molar refractivity (Wildman–Crippen MR) is 70.6 cm³/mol. The van der Waals surface area contributed by atoms with Gasteiger partial charge in [0.15, 0.2) is 5.13 Å². The Balaban J connectivity index is 2.28. The van der Waals surface area contributed by atoms with Crippen molar-refractivity contribution in [2.24, 2.45) is 7.05 Å². The van der Waals surface area contributed by atoms with E-state index >= 15 is 0 Å². The van der Waals surface area contributed by atoms with Gasteiger partial charge in [-0.2, -0.15) is 0 Å². The summed E-state index contributed by atoms with van der Waals surface area (Å²) in [5.74, 6) is -0.424. The molecule has 2 heterocycles. The number of amides is 1. The summed E-state index contributed by atoms with van der Waals surface area (Å²) in [6, 6.07) is 1.62. The van der Waals surface area contributed by atoms with Gasteiger partial charge < -0.3 is 14.0 Å². The number of rotatable bonds is 3. The highest BCUT2D eigenvalue weighted by atomic mass is 32.1. The van der Waals surface area contributed by atoms with E-state index in [1.54, 1.807) is 24.6 Å². The quantitative estimate of drug-likeness (QED) is 0.871. The predicted octanol–water partition coefficient (Wildman–Crippen LogP) is 1.99. The number of fused-ring (bicyclic) bond motifs is 1. The van der Waals surface area contributed by atoms with Crippen molar-refractivity contribution in [3.8, 4) is 0 Å². The summed E-state index contributed by atoms with van der Waals surface area (Å²) in [5, 5.41) is 2.95. The van der Waals surface area contributed by atoms with Crippen LogP contribution in [0, 0.1) is 0 Å². The SMILES string of the molecule is CCOC(=O)Nc1nc2cc(C(=O)OC)n(C)c2s1. The Morgan fingerprint density at radius 1 is 1.53 bits per heavy atom. The molecule has 8 heteroatoms. The van der Waals surface area contributed by atoms with Crippen molar-refractivity contribution in [3.05, 3.63) is 11.8 Å². The molecule has 0 saturated carbocycles. The minimum absolute atomic E-state index is 0.295. The number of thiazole rings is 1. The van der Waals surface area contributed by atoms with Crippen LogP contribution >= 0.6 is 11.3 Å². The fraction of sp³-hybridized carbons (Fsp3) is 0.364. The Labute approximate surface area is 113 Å². The molecule has 0 aliphatic rings. The normalized spacial score (nSPS) is 10.5. The van der Waals surface area contributed by atoms with Gasteiger partial charge >= 0.3 is 12.1 Å². The van der Waals surface area contributed by atoms with Crippen LogP contribution in [0.15, 0.2) is 6.07 Å². The van der Waals surface area contributed by atoms with E-state index in [1.807, 2.05) is 0 Å². The number of anilines is 1. The Hall–Kier alpha value is -2.09. The van der Waals surface area contributed by atoms with Crippen molar-refractivity contribution >= 4 is 38.9 Å². The Kier molecular flexibility index (Phi) is 3.70. The maximum absolute atomic E-state index is 11.5. The van der Waals surface area contributed by atoms with E-state index in [-0.39, 0.29) is 0 Å². The van der Waals surface area contributed by atoms with Crippen LogP contribution in [0.4, 0.5) is 9.93 Å². The van der Waals surface area contributed by atoms with E-state index in [1.165, 1.54) is 18.4 Å². The number of aromatic nitrogens is 2. The zero-order valence-corrected chi connectivity index (χ0v) is 11.5. The Morgan fingerprint density at radius 3 is 2.84 bits per heavy atom. The number of carbonyl (C=O) groups excluding carboxylic acids is 2. The van der Waals surface area contributed by atoms with E-state index in [0.717, 1.165) is 4.83 Å². The summed E-state index contributed by atoms with van der Waals surface area (Å²) in [7, 11) is 3.06. The van der Waals surface area contributed by atoms with Gasteiger partial charge in [0.2, 0.25) is 0 Å². The molecule has 2 aromatic heterocycles. The molecular formula is C11H13N3O4S. The molecule has 7 nitrogen and oxygen atoms in total. The topological polar surface area (TPSA) is 82.4 Å². The van der Waals surface area contributed by atoms with Gasteiger partial charge in [0.1, 0.15) is 16.0 Å². The molecule has 0 aromatic carbocycles. The lowest BCUT2D eigenvalue weighted by Gasteiger charge is -2.01. The molecule has 0 fully saturated rings. The standard InChI is InChI=1S/C11H13N3O4S/c1-4-18-11(16)13-10-12-6-5-7(9(15)17-3)14(2)8(6)19-10/h5H,4H2,1-3H3,(H,12,13,16). The monoisotopic (exact) mass is 283 g/mol. The first-order valence-electron chi connectivity index (χ1n) is 5.55. The number of methoxy groups -OCH3 is 1. The van der Waals surface area contributed by atoms with Crippen LogP contribution in [-0.4, -0.2) is 35.3 Å². The molecule has 0 aliphatic heterocycles. The lowest BCUT2D eigenvalue weighted by atomic mass is 10.4. The molecule has 0 bridgehead atoms. The smallest absolute Gasteiger partial charge is 0.413 e. The second-order valence-electron chi connectivity index (χ2n) is 3.64. The van der Waals surface area contributed by atoms with Crippen LogP contribution in [-0.2, 0) is 16.5 Å². The van der Waals surface area contributed by atoms with Crippen molar-refractivity contribution in [2.45, 2.75) is 6.92 Å². The summed E-state index contributed by atoms with van der Waals surface area (Å²) >= 11 is 1.26. The first kappa shape index (κ1) is 13.3. The molecule has 102 valence electrons. The third-order valence-electron chi connectivity index (χ3n) is 2.45. The molecular weight excluding hydrogens is 270 g/mol. The number of ether oxygens (including phenoxy) is 2. The van der Waals surface area contributed by atoms with E-state index in [4.69, 9.17) is 4.74 Å². The summed E-state index contributed by atoms with van der Waals surface area (Å²) in [6.45, 7) is 2.02. The summed E-state index contributed by atoms with van der Waals surface area (Å²) in [4.78, 5) is 27.7. The molecule has 0 aliphatic carbocycles. The molecule has 0 radical (unpaired) electrons. The summed E-state index contributed by atoms with van der Waals surface area (Å²) < 4.78 is 11.1. The van der Waals surface area contributed by atoms with Crippen LogP contribution in [0.1, 0.15) is 17.4 Å². The molecule has 2 aromatic rings. The van der Waals surface area contributed by atoms with Crippen molar-refractivity contribution in [2.75, 3.05) is 19.0 Å². The zero-order valence-electron chi connectivity index (χ0n) is 10.7. The third kappa shape index (κ3) is 2.53. The summed E-state index contributed by atoms with van der Waals surface area (Å²) in [6.07, 6.45) is -0.547. The maximum atomic E-state index is 11.5. The van der Waals surface area contributed by atoms with Crippen molar-refractivity contribution < 1.29 is 19.1 Å². The molecule has 0 spiro atoms. The first-order valence-corrected chi connectivity index (χ1v) is 6.36. The lowest BCUT2D eigenvalue weighted by Crippen LogP contribution is -2.12. The fourth-order valence-electron chi connectivity index (χ4n) is 1.60. The van der Waals surface area contributed by atoms with Gasteiger partial charge in [-0.3, -0.25) is 5.32 Å². The molecule has 2 rings (SSSR count). The second-order valence-corrected chi connectivity index (χ2v) is 4.61. The van der Waals surface area contributed by atoms with Crippen LogP contribution in [0.2, 0.25) is 0 Å². The minimum atomic E-state index is -0.547. The molecule has 19 heavy (non-hydrogen) atoms. The van der Waals surface area contributed by atoms with E-state index in [0.29, 0.717) is 22.9 Å². The highest BCUT2D eigenvalue weighted by molar-refractivity contribution is 7.22. The fourth-order valence-corrected chi connectivity index (χ4v) is 2.51. The first-order chi connectivity index (χ1) is 9.06. The second kappa shape index (κ2) is 5.27. The maximum Gasteiger partial charge on any atom is 0.413 e. The van der Waals surface area contributed by atoms with Crippen molar-refractivity contribution in [1.82, 2.24) is 9.55 Å². The molecule has 0 unspecified atom stereocenters. The highest BCUT2D eigenvalue weighted by Crippen LogP contribution is 2.28. The average Bonchev–Trinajstić information content (AvgIpc) is 2.88. The highest BCUT2D eigenvalue weighted by Gasteiger charge is 2.18. The summed E-state index contributed by atoms with van der Waals surface area (Å²) in [5.41, 5.74) is 1.04. The van der Waals surface area contributed by atoms with E-state index in [2.05, 4.69) is 15.0 Å². The van der Waals surface area contributed by atoms with Gasteiger partial charge in [0.25, 0.3) is 0 Å². The number of esters is 1. The Bertz CT molecular complexity index is 631. The number of aryl methyl sites for hydroxylation is 1. The largest absolute Gasteiger partial charge is 0.464 e. The van der Waals surface area contributed by atoms with Gasteiger partial charge in [-0.25, -0.2) is 14.6 Å². The number of carbonyl (C=O) groups is 2. The minimum Gasteiger partial charge on any atom is -0.464 e. The van der Waals surface area contributed by atoms with Gasteiger partial charge in [-0.05, 0) is 13.0 Å². The molecule has 1 N–H and O–H groups in total. The van der Waals surface area contributed by atoms with Crippen LogP contribution in [0.5, 0.6) is 0 Å². The van der Waals surface area contributed by atoms with E-state index in [9.17, 15) is 9.59 Å². The zero-order chi connectivity index (χ0) is 14.0. The van der Waals surface area contributed by atoms with Crippen LogP contribution in [0.25, 0.3) is 10.3 Å².